The molecule has 2 aliphatic rings. The summed E-state index contributed by atoms with van der Waals surface area (Å²) in [4.78, 5) is 13.6. The van der Waals surface area contributed by atoms with E-state index in [1.54, 1.807) is 32.3 Å². The van der Waals surface area contributed by atoms with E-state index in [0.29, 0.717) is 17.9 Å². The van der Waals surface area contributed by atoms with Crippen LogP contribution in [0.4, 0.5) is 10.1 Å². The van der Waals surface area contributed by atoms with Crippen molar-refractivity contribution in [1.82, 2.24) is 4.90 Å². The fraction of sp³-hybridized carbons (Fsp3) is 0.409. The predicted octanol–water partition coefficient (Wildman–Crippen LogP) is 2.10. The number of aliphatic hydroxyl groups excluding tert-OH is 1. The van der Waals surface area contributed by atoms with Crippen molar-refractivity contribution in [3.8, 4) is 5.75 Å². The summed E-state index contributed by atoms with van der Waals surface area (Å²) < 4.78 is 52.9. The van der Waals surface area contributed by atoms with Crippen LogP contribution in [0.1, 0.15) is 24.3 Å². The number of sulfonamides is 1. The van der Waals surface area contributed by atoms with Crippen molar-refractivity contribution in [3.05, 3.63) is 53.8 Å². The highest BCUT2D eigenvalue weighted by atomic mass is 32.2. The molecule has 32 heavy (non-hydrogen) atoms. The van der Waals surface area contributed by atoms with Crippen LogP contribution in [0.15, 0.2) is 47.4 Å². The number of nitrogens with one attached hydrogen (secondary N) is 1. The first-order valence-electron chi connectivity index (χ1n) is 10.2. The minimum atomic E-state index is -3.90. The SMILES string of the molecule is CN(C)C(=O)C[C@H]1C[C@@H]2c3cc(NS(=O)(=O)c4ccc(F)cc4)ccc3O[C@@H]2[C@H](CO)O1. The van der Waals surface area contributed by atoms with Crippen LogP contribution in [0.25, 0.3) is 0 Å². The lowest BCUT2D eigenvalue weighted by Crippen LogP contribution is -2.47. The van der Waals surface area contributed by atoms with Gasteiger partial charge in [0.15, 0.2) is 0 Å². The Kier molecular flexibility index (Phi) is 6.11. The number of hydrogen-bond donors (Lipinski definition) is 2. The molecule has 0 saturated carbocycles. The van der Waals surface area contributed by atoms with Crippen molar-refractivity contribution in [2.24, 2.45) is 0 Å². The molecule has 0 aromatic heterocycles. The van der Waals surface area contributed by atoms with Crippen molar-refractivity contribution in [3.63, 3.8) is 0 Å². The molecule has 0 unspecified atom stereocenters. The number of amides is 1. The lowest BCUT2D eigenvalue weighted by atomic mass is 9.84. The number of carbonyl (C=O) groups excluding carboxylic acids is 1. The molecule has 2 aromatic carbocycles. The van der Waals surface area contributed by atoms with Crippen molar-refractivity contribution < 1.29 is 32.2 Å². The number of benzene rings is 2. The van der Waals surface area contributed by atoms with Gasteiger partial charge in [-0.15, -0.1) is 0 Å². The first kappa shape index (κ1) is 22.5. The van der Waals surface area contributed by atoms with E-state index in [2.05, 4.69) is 4.72 Å². The number of rotatable bonds is 6. The van der Waals surface area contributed by atoms with Crippen LogP contribution in [0.2, 0.25) is 0 Å². The van der Waals surface area contributed by atoms with Crippen molar-refractivity contribution in [2.75, 3.05) is 25.4 Å². The van der Waals surface area contributed by atoms with Gasteiger partial charge in [0, 0.05) is 31.3 Å². The fourth-order valence-electron chi connectivity index (χ4n) is 4.16. The lowest BCUT2D eigenvalue weighted by Gasteiger charge is -2.37. The molecule has 10 heteroatoms. The van der Waals surface area contributed by atoms with Crippen LogP contribution in [0.5, 0.6) is 5.75 Å². The van der Waals surface area contributed by atoms with E-state index < -0.39 is 34.2 Å². The predicted molar refractivity (Wildman–Crippen MR) is 114 cm³/mol. The molecule has 1 amide bonds. The first-order valence-corrected chi connectivity index (χ1v) is 11.7. The Morgan fingerprint density at radius 3 is 2.59 bits per heavy atom. The van der Waals surface area contributed by atoms with Gasteiger partial charge in [-0.1, -0.05) is 0 Å². The van der Waals surface area contributed by atoms with Gasteiger partial charge in [-0.2, -0.15) is 0 Å². The Labute approximate surface area is 186 Å². The second kappa shape index (κ2) is 8.68. The van der Waals surface area contributed by atoms with E-state index >= 15 is 0 Å². The summed E-state index contributed by atoms with van der Waals surface area (Å²) in [5, 5.41) is 9.81. The third-order valence-corrected chi connectivity index (χ3v) is 7.17. The molecule has 1 saturated heterocycles. The zero-order valence-electron chi connectivity index (χ0n) is 17.7. The minimum absolute atomic E-state index is 0.0535. The van der Waals surface area contributed by atoms with E-state index in [1.165, 1.54) is 17.0 Å². The third kappa shape index (κ3) is 4.43. The van der Waals surface area contributed by atoms with Crippen molar-refractivity contribution in [1.29, 1.82) is 0 Å². The molecule has 2 aliphatic heterocycles. The second-order valence-corrected chi connectivity index (χ2v) is 9.89. The number of halogens is 1. The number of nitrogens with zero attached hydrogens (tertiary/aromatic N) is 1. The topological polar surface area (TPSA) is 105 Å². The molecule has 1 fully saturated rings. The van der Waals surface area contributed by atoms with Gasteiger partial charge in [-0.25, -0.2) is 12.8 Å². The largest absolute Gasteiger partial charge is 0.487 e. The Morgan fingerprint density at radius 2 is 1.94 bits per heavy atom. The number of anilines is 1. The van der Waals surface area contributed by atoms with Gasteiger partial charge >= 0.3 is 0 Å². The highest BCUT2D eigenvalue weighted by Gasteiger charge is 2.46. The molecule has 0 bridgehead atoms. The van der Waals surface area contributed by atoms with E-state index in [-0.39, 0.29) is 29.7 Å². The molecule has 2 aromatic rings. The number of carbonyl (C=O) groups is 1. The summed E-state index contributed by atoms with van der Waals surface area (Å²) in [6.07, 6.45) is -0.733. The van der Waals surface area contributed by atoms with Crippen LogP contribution < -0.4 is 9.46 Å². The van der Waals surface area contributed by atoms with Gasteiger partial charge in [0.2, 0.25) is 5.91 Å². The molecule has 172 valence electrons. The third-order valence-electron chi connectivity index (χ3n) is 5.78. The maximum atomic E-state index is 13.1. The first-order chi connectivity index (χ1) is 15.2. The number of ether oxygens (including phenoxy) is 2. The molecule has 2 heterocycles. The molecule has 8 nitrogen and oxygen atoms in total. The molecule has 0 spiro atoms. The van der Waals surface area contributed by atoms with E-state index in [4.69, 9.17) is 9.47 Å². The fourth-order valence-corrected chi connectivity index (χ4v) is 5.21. The number of hydrogen-bond acceptors (Lipinski definition) is 6. The average Bonchev–Trinajstić information content (AvgIpc) is 3.11. The van der Waals surface area contributed by atoms with Crippen LogP contribution in [-0.4, -0.2) is 63.3 Å². The Hall–Kier alpha value is -2.69. The molecule has 0 aliphatic carbocycles. The van der Waals surface area contributed by atoms with Crippen LogP contribution in [-0.2, 0) is 19.6 Å². The van der Waals surface area contributed by atoms with Gasteiger partial charge in [-0.05, 0) is 48.9 Å². The van der Waals surface area contributed by atoms with Gasteiger partial charge < -0.3 is 19.5 Å². The van der Waals surface area contributed by atoms with E-state index in [9.17, 15) is 22.7 Å². The summed E-state index contributed by atoms with van der Waals surface area (Å²) in [5.74, 6) is -0.174. The molecule has 4 rings (SSSR count). The molecular formula is C22H25FN2O6S. The van der Waals surface area contributed by atoms with Gasteiger partial charge in [0.25, 0.3) is 10.0 Å². The molecule has 0 radical (unpaired) electrons. The van der Waals surface area contributed by atoms with Gasteiger partial charge in [0.1, 0.15) is 23.8 Å². The second-order valence-electron chi connectivity index (χ2n) is 8.21. The van der Waals surface area contributed by atoms with Gasteiger partial charge in [0.05, 0.1) is 24.0 Å². The van der Waals surface area contributed by atoms with Gasteiger partial charge in [-0.3, -0.25) is 9.52 Å². The van der Waals surface area contributed by atoms with E-state index in [1.807, 2.05) is 0 Å². The number of aliphatic hydroxyl groups is 1. The normalized spacial score (nSPS) is 24.2. The quantitative estimate of drug-likeness (QED) is 0.679. The smallest absolute Gasteiger partial charge is 0.261 e. The highest BCUT2D eigenvalue weighted by molar-refractivity contribution is 7.92. The summed E-state index contributed by atoms with van der Waals surface area (Å²) in [6.45, 7) is -0.258. The summed E-state index contributed by atoms with van der Waals surface area (Å²) in [7, 11) is -0.558. The maximum absolute atomic E-state index is 13.1. The average molecular weight is 465 g/mol. The minimum Gasteiger partial charge on any atom is -0.487 e. The number of fused-ring (bicyclic) bond motifs is 3. The molecular weight excluding hydrogens is 439 g/mol. The Morgan fingerprint density at radius 1 is 1.22 bits per heavy atom. The maximum Gasteiger partial charge on any atom is 0.261 e. The summed E-state index contributed by atoms with van der Waals surface area (Å²) >= 11 is 0. The molecule has 2 N–H and O–H groups in total. The van der Waals surface area contributed by atoms with Crippen LogP contribution in [0, 0.1) is 5.82 Å². The Balaban J connectivity index is 1.57. The van der Waals surface area contributed by atoms with E-state index in [0.717, 1.165) is 17.7 Å². The lowest BCUT2D eigenvalue weighted by molar-refractivity contribution is -0.147. The summed E-state index contributed by atoms with van der Waals surface area (Å²) in [6, 6.07) is 9.51. The summed E-state index contributed by atoms with van der Waals surface area (Å²) in [5.41, 5.74) is 1.13. The van der Waals surface area contributed by atoms with Crippen molar-refractivity contribution in [2.45, 2.75) is 42.0 Å². The molecule has 4 atom stereocenters. The monoisotopic (exact) mass is 464 g/mol. The zero-order chi connectivity index (χ0) is 23.0. The zero-order valence-corrected chi connectivity index (χ0v) is 18.5. The standard InChI is InChI=1S/C22H25FN2O6S/c1-25(2)21(27)11-15-10-18-17-9-14(5-8-19(17)31-22(18)20(12-26)30-15)24-32(28,29)16-6-3-13(23)4-7-16/h3-9,15,18,20,22,24,26H,10-12H2,1-2H3/t15-,18-,20+,22+/m1/s1. The van der Waals surface area contributed by atoms with Crippen molar-refractivity contribution >= 4 is 21.6 Å². The van der Waals surface area contributed by atoms with Crippen LogP contribution >= 0.6 is 0 Å². The highest BCUT2D eigenvalue weighted by Crippen LogP contribution is 2.47. The Bertz CT molecular complexity index is 1110. The van der Waals surface area contributed by atoms with Crippen LogP contribution in [0.3, 0.4) is 0 Å².